The molecule has 0 radical (unpaired) electrons. The molecule has 1 saturated carbocycles. The summed E-state index contributed by atoms with van der Waals surface area (Å²) in [6, 6.07) is 14.5. The topological polar surface area (TPSA) is 55.3 Å². The highest BCUT2D eigenvalue weighted by Crippen LogP contribution is 2.38. The molecule has 0 saturated heterocycles. The van der Waals surface area contributed by atoms with E-state index in [-0.39, 0.29) is 18.0 Å². The molecule has 2 heterocycles. The molecule has 5 nitrogen and oxygen atoms in total. The number of amides is 1. The smallest absolute Gasteiger partial charge is 0.237 e. The molecule has 2 aliphatic rings. The zero-order valence-corrected chi connectivity index (χ0v) is 19.9. The third-order valence-electron chi connectivity index (χ3n) is 7.02. The zero-order valence-electron chi connectivity index (χ0n) is 19.9. The van der Waals surface area contributed by atoms with E-state index in [4.69, 9.17) is 4.74 Å². The van der Waals surface area contributed by atoms with Crippen molar-refractivity contribution in [3.05, 3.63) is 65.4 Å². The van der Waals surface area contributed by atoms with Gasteiger partial charge in [0, 0.05) is 36.2 Å². The van der Waals surface area contributed by atoms with Crippen molar-refractivity contribution in [3.63, 3.8) is 0 Å². The number of carbonyl (C=O) groups excluding carboxylic acids is 1. The van der Waals surface area contributed by atoms with Gasteiger partial charge in [0.1, 0.15) is 5.75 Å². The number of aromatic nitrogens is 1. The van der Waals surface area contributed by atoms with Crippen LogP contribution in [0.15, 0.2) is 48.7 Å². The maximum absolute atomic E-state index is 13.3. The van der Waals surface area contributed by atoms with E-state index in [2.05, 4.69) is 53.4 Å². The molecule has 1 amide bonds. The van der Waals surface area contributed by atoms with Crippen LogP contribution in [-0.4, -0.2) is 23.6 Å². The van der Waals surface area contributed by atoms with Crippen LogP contribution >= 0.6 is 0 Å². The van der Waals surface area contributed by atoms with Crippen LogP contribution in [0.4, 0.5) is 0 Å². The fraction of sp³-hybridized carbons (Fsp3) is 0.464. The Morgan fingerprint density at radius 3 is 2.67 bits per heavy atom. The van der Waals surface area contributed by atoms with Gasteiger partial charge in [-0.1, -0.05) is 38.1 Å². The van der Waals surface area contributed by atoms with E-state index in [1.54, 1.807) is 7.11 Å². The molecule has 2 N–H and O–H groups in total. The lowest BCUT2D eigenvalue weighted by atomic mass is 9.94. The number of hydrogen-bond acceptors (Lipinski definition) is 3. The standard InChI is InChI=1S/C28H35N3O2/c1-18(2)13-24-23-5-4-6-26-27(23)21(17-31(26)16-20-7-8-20)14-25(30-24)28(32)29-15-19-9-11-22(33-3)12-10-19/h4-6,9-12,17-18,20,24-25,30H,7-8,13-16H2,1-3H3,(H,29,32)/t24-,25-/m0/s1. The summed E-state index contributed by atoms with van der Waals surface area (Å²) >= 11 is 0. The molecule has 2 atom stereocenters. The van der Waals surface area contributed by atoms with Crippen molar-refractivity contribution in [3.8, 4) is 5.75 Å². The minimum atomic E-state index is -0.251. The van der Waals surface area contributed by atoms with Crippen LogP contribution in [-0.2, 0) is 24.3 Å². The van der Waals surface area contributed by atoms with E-state index >= 15 is 0 Å². The Balaban J connectivity index is 1.40. The average molecular weight is 446 g/mol. The van der Waals surface area contributed by atoms with Crippen molar-refractivity contribution in [1.82, 2.24) is 15.2 Å². The van der Waals surface area contributed by atoms with E-state index in [0.29, 0.717) is 18.9 Å². The van der Waals surface area contributed by atoms with E-state index in [0.717, 1.165) is 30.2 Å². The lowest BCUT2D eigenvalue weighted by Crippen LogP contribution is -2.46. The van der Waals surface area contributed by atoms with Crippen molar-refractivity contribution in [2.24, 2.45) is 11.8 Å². The monoisotopic (exact) mass is 445 g/mol. The van der Waals surface area contributed by atoms with Crippen molar-refractivity contribution in [1.29, 1.82) is 0 Å². The Labute approximate surface area is 196 Å². The van der Waals surface area contributed by atoms with Gasteiger partial charge < -0.3 is 14.6 Å². The summed E-state index contributed by atoms with van der Waals surface area (Å²) in [5.74, 6) is 2.24. The number of rotatable bonds is 8. The number of methoxy groups -OCH3 is 1. The van der Waals surface area contributed by atoms with Gasteiger partial charge in [0.05, 0.1) is 13.2 Å². The molecule has 174 valence electrons. The molecule has 0 unspecified atom stereocenters. The Morgan fingerprint density at radius 1 is 1.18 bits per heavy atom. The summed E-state index contributed by atoms with van der Waals surface area (Å²) < 4.78 is 7.68. The number of carbonyl (C=O) groups is 1. The average Bonchev–Trinajstić information content (AvgIpc) is 3.59. The van der Waals surface area contributed by atoms with Gasteiger partial charge in [0.2, 0.25) is 5.91 Å². The minimum absolute atomic E-state index is 0.0653. The lowest BCUT2D eigenvalue weighted by Gasteiger charge is -2.25. The summed E-state index contributed by atoms with van der Waals surface area (Å²) in [5.41, 5.74) is 5.03. The summed E-state index contributed by atoms with van der Waals surface area (Å²) in [6.45, 7) is 6.12. The van der Waals surface area contributed by atoms with Gasteiger partial charge in [-0.15, -0.1) is 0 Å². The summed E-state index contributed by atoms with van der Waals surface area (Å²) in [5, 5.41) is 8.26. The fourth-order valence-electron chi connectivity index (χ4n) is 5.15. The molecule has 1 aliphatic carbocycles. The van der Waals surface area contributed by atoms with Gasteiger partial charge in [0.15, 0.2) is 0 Å². The maximum Gasteiger partial charge on any atom is 0.237 e. The zero-order chi connectivity index (χ0) is 22.9. The first kappa shape index (κ1) is 22.0. The molecule has 0 bridgehead atoms. The van der Waals surface area contributed by atoms with Crippen LogP contribution in [0, 0.1) is 11.8 Å². The molecule has 3 aromatic rings. The van der Waals surface area contributed by atoms with Gasteiger partial charge in [0.25, 0.3) is 0 Å². The largest absolute Gasteiger partial charge is 0.497 e. The van der Waals surface area contributed by atoms with Crippen molar-refractivity contribution in [2.45, 2.75) is 64.7 Å². The molecular weight excluding hydrogens is 410 g/mol. The van der Waals surface area contributed by atoms with Gasteiger partial charge in [-0.25, -0.2) is 0 Å². The molecule has 1 aromatic heterocycles. The van der Waals surface area contributed by atoms with Gasteiger partial charge in [-0.05, 0) is 72.4 Å². The molecule has 1 aliphatic heterocycles. The van der Waals surface area contributed by atoms with E-state index in [1.807, 2.05) is 24.3 Å². The first-order chi connectivity index (χ1) is 16.0. The predicted octanol–water partition coefficient (Wildman–Crippen LogP) is 4.98. The van der Waals surface area contributed by atoms with Crippen LogP contribution in [0.3, 0.4) is 0 Å². The predicted molar refractivity (Wildman–Crippen MR) is 132 cm³/mol. The second-order valence-electron chi connectivity index (χ2n) is 10.2. The highest BCUT2D eigenvalue weighted by atomic mass is 16.5. The number of ether oxygens (including phenoxy) is 1. The summed E-state index contributed by atoms with van der Waals surface area (Å²) in [4.78, 5) is 13.3. The molecule has 5 rings (SSSR count). The minimum Gasteiger partial charge on any atom is -0.497 e. The molecule has 0 spiro atoms. The molecular formula is C28H35N3O2. The van der Waals surface area contributed by atoms with Crippen LogP contribution in [0.2, 0.25) is 0 Å². The van der Waals surface area contributed by atoms with Crippen molar-refractivity contribution < 1.29 is 9.53 Å². The van der Waals surface area contributed by atoms with Crippen LogP contribution < -0.4 is 15.4 Å². The van der Waals surface area contributed by atoms with E-state index < -0.39 is 0 Å². The first-order valence-corrected chi connectivity index (χ1v) is 12.3. The Morgan fingerprint density at radius 2 is 1.97 bits per heavy atom. The SMILES string of the molecule is COc1ccc(CNC(=O)[C@@H]2Cc3cn(CC4CC4)c4cccc(c34)[C@H](CC(C)C)N2)cc1. The Bertz CT molecular complexity index is 1130. The molecule has 5 heteroatoms. The van der Waals surface area contributed by atoms with Gasteiger partial charge in [-0.3, -0.25) is 10.1 Å². The maximum atomic E-state index is 13.3. The highest BCUT2D eigenvalue weighted by molar-refractivity contribution is 5.90. The van der Waals surface area contributed by atoms with Gasteiger partial charge in [-0.2, -0.15) is 0 Å². The quantitative estimate of drug-likeness (QED) is 0.514. The number of hydrogen-bond donors (Lipinski definition) is 2. The molecule has 33 heavy (non-hydrogen) atoms. The second-order valence-corrected chi connectivity index (χ2v) is 10.2. The van der Waals surface area contributed by atoms with Crippen molar-refractivity contribution >= 4 is 16.8 Å². The second kappa shape index (κ2) is 9.22. The third kappa shape index (κ3) is 4.79. The fourth-order valence-corrected chi connectivity index (χ4v) is 5.15. The van der Waals surface area contributed by atoms with Crippen molar-refractivity contribution in [2.75, 3.05) is 7.11 Å². The van der Waals surface area contributed by atoms with E-state index in [9.17, 15) is 4.79 Å². The van der Waals surface area contributed by atoms with Crippen LogP contribution in [0.25, 0.3) is 10.9 Å². The number of nitrogens with zero attached hydrogens (tertiary/aromatic N) is 1. The van der Waals surface area contributed by atoms with Gasteiger partial charge >= 0.3 is 0 Å². The van der Waals surface area contributed by atoms with Crippen LogP contribution in [0.5, 0.6) is 5.75 Å². The highest BCUT2D eigenvalue weighted by Gasteiger charge is 2.31. The first-order valence-electron chi connectivity index (χ1n) is 12.3. The molecule has 2 aromatic carbocycles. The Hall–Kier alpha value is -2.79. The number of benzene rings is 2. The third-order valence-corrected chi connectivity index (χ3v) is 7.02. The normalized spacial score (nSPS) is 20.1. The van der Waals surface area contributed by atoms with E-state index in [1.165, 1.54) is 34.9 Å². The lowest BCUT2D eigenvalue weighted by molar-refractivity contribution is -0.123. The van der Waals surface area contributed by atoms with Crippen LogP contribution in [0.1, 0.15) is 55.8 Å². The Kier molecular flexibility index (Phi) is 6.15. The molecule has 1 fully saturated rings. The summed E-state index contributed by atoms with van der Waals surface area (Å²) in [6.07, 6.45) is 6.71. The number of nitrogens with one attached hydrogen (secondary N) is 2. The summed E-state index contributed by atoms with van der Waals surface area (Å²) in [7, 11) is 1.66.